The number of thiocarbonyl (C=S) groups is 1. The fourth-order valence-electron chi connectivity index (χ4n) is 4.94. The second-order valence-electron chi connectivity index (χ2n) is 10.0. The highest BCUT2D eigenvalue weighted by molar-refractivity contribution is 7.80. The van der Waals surface area contributed by atoms with Gasteiger partial charge in [-0.3, -0.25) is 0 Å². The van der Waals surface area contributed by atoms with Gasteiger partial charge in [0.1, 0.15) is 17.4 Å². The molecule has 0 radical (unpaired) electrons. The maximum absolute atomic E-state index is 5.61. The first-order valence-electron chi connectivity index (χ1n) is 13.4. The number of piperazine rings is 1. The van der Waals surface area contributed by atoms with Gasteiger partial charge in [-0.05, 0) is 60.8 Å². The van der Waals surface area contributed by atoms with Crippen molar-refractivity contribution < 1.29 is 4.74 Å². The monoisotopic (exact) mass is 531 g/mol. The van der Waals surface area contributed by atoms with Crippen LogP contribution >= 0.6 is 12.2 Å². The molecule has 2 fully saturated rings. The van der Waals surface area contributed by atoms with E-state index in [1.807, 2.05) is 24.3 Å². The summed E-state index contributed by atoms with van der Waals surface area (Å²) in [5.74, 6) is 4.04. The smallest absolute Gasteiger partial charge is 0.232 e. The number of benzene rings is 2. The van der Waals surface area contributed by atoms with E-state index in [0.717, 1.165) is 68.1 Å². The predicted molar refractivity (Wildman–Crippen MR) is 160 cm³/mol. The Labute approximate surface area is 231 Å². The summed E-state index contributed by atoms with van der Waals surface area (Å²) in [4.78, 5) is 16.9. The average molecular weight is 532 g/mol. The summed E-state index contributed by atoms with van der Waals surface area (Å²) >= 11 is 5.61. The minimum absolute atomic E-state index is 0.505. The van der Waals surface area contributed by atoms with Crippen molar-refractivity contribution in [2.75, 3.05) is 66.4 Å². The molecule has 2 N–H and O–H groups in total. The molecular weight excluding hydrogens is 494 g/mol. The number of methoxy groups -OCH3 is 1. The molecule has 0 bridgehead atoms. The Kier molecular flexibility index (Phi) is 8.43. The van der Waals surface area contributed by atoms with Gasteiger partial charge in [0.15, 0.2) is 5.11 Å². The van der Waals surface area contributed by atoms with Gasteiger partial charge in [0.05, 0.1) is 7.11 Å². The quantitative estimate of drug-likeness (QED) is 0.428. The summed E-state index contributed by atoms with van der Waals surface area (Å²) in [6, 6.07) is 20.7. The summed E-state index contributed by atoms with van der Waals surface area (Å²) in [6.45, 7) is 8.68. The molecule has 0 unspecified atom stereocenters. The highest BCUT2D eigenvalue weighted by Gasteiger charge is 2.23. The number of aromatic nitrogens is 2. The second kappa shape index (κ2) is 12.3. The zero-order valence-electron chi connectivity index (χ0n) is 22.3. The van der Waals surface area contributed by atoms with E-state index in [-0.39, 0.29) is 0 Å². The molecule has 1 aromatic heterocycles. The van der Waals surface area contributed by atoms with Crippen LogP contribution < -0.4 is 30.1 Å². The molecule has 0 atom stereocenters. The number of anilines is 4. The lowest BCUT2D eigenvalue weighted by molar-refractivity contribution is 0.414. The van der Waals surface area contributed by atoms with Crippen molar-refractivity contribution >= 4 is 40.6 Å². The van der Waals surface area contributed by atoms with Crippen molar-refractivity contribution in [1.29, 1.82) is 0 Å². The van der Waals surface area contributed by atoms with Gasteiger partial charge in [-0.15, -0.1) is 0 Å². The maximum atomic E-state index is 5.61. The van der Waals surface area contributed by atoms with E-state index in [2.05, 4.69) is 68.7 Å². The molecule has 3 aromatic rings. The molecule has 3 heterocycles. The fourth-order valence-corrected chi connectivity index (χ4v) is 5.11. The Balaban J connectivity index is 1.28. The van der Waals surface area contributed by atoms with Crippen molar-refractivity contribution in [2.45, 2.75) is 26.3 Å². The van der Waals surface area contributed by atoms with E-state index in [1.54, 1.807) is 7.11 Å². The van der Waals surface area contributed by atoms with Gasteiger partial charge < -0.3 is 30.1 Å². The molecule has 5 rings (SSSR count). The van der Waals surface area contributed by atoms with Crippen LogP contribution in [0.5, 0.6) is 5.75 Å². The second-order valence-corrected chi connectivity index (χ2v) is 10.5. The maximum Gasteiger partial charge on any atom is 0.232 e. The number of rotatable bonds is 7. The average Bonchev–Trinajstić information content (AvgIpc) is 2.97. The lowest BCUT2D eigenvalue weighted by Gasteiger charge is -2.37. The first kappa shape index (κ1) is 26.0. The van der Waals surface area contributed by atoms with Crippen LogP contribution in [0.3, 0.4) is 0 Å². The SMILES string of the molecule is COc1ccc(CNC(=S)Nc2nc(N3CCC(C)CC3)cc(N3CCN(c4ccccc4)CC3)n2)cc1. The molecule has 0 aliphatic carbocycles. The standard InChI is InChI=1S/C29H37N7OS/c1-22-12-14-35(15-13-22)26-20-27(36-18-16-34(17-19-36)24-6-4-3-5-7-24)32-28(31-26)33-29(38)30-21-23-8-10-25(37-2)11-9-23/h3-11,20,22H,12-19,21H2,1-2H3,(H2,30,31,32,33,38). The van der Waals surface area contributed by atoms with Gasteiger partial charge in [-0.25, -0.2) is 0 Å². The Morgan fingerprint density at radius 2 is 1.47 bits per heavy atom. The van der Waals surface area contributed by atoms with E-state index in [1.165, 1.54) is 18.5 Å². The Morgan fingerprint density at radius 3 is 2.11 bits per heavy atom. The number of hydrogen-bond donors (Lipinski definition) is 2. The van der Waals surface area contributed by atoms with Crippen molar-refractivity contribution in [3.8, 4) is 5.75 Å². The highest BCUT2D eigenvalue weighted by atomic mass is 32.1. The Morgan fingerprint density at radius 1 is 0.868 bits per heavy atom. The number of ether oxygens (including phenoxy) is 1. The minimum Gasteiger partial charge on any atom is -0.497 e. The lowest BCUT2D eigenvalue weighted by Crippen LogP contribution is -2.47. The van der Waals surface area contributed by atoms with E-state index < -0.39 is 0 Å². The molecular formula is C29H37N7OS. The van der Waals surface area contributed by atoms with Gasteiger partial charge in [-0.1, -0.05) is 37.3 Å². The molecule has 38 heavy (non-hydrogen) atoms. The van der Waals surface area contributed by atoms with Crippen molar-refractivity contribution in [3.63, 3.8) is 0 Å². The van der Waals surface area contributed by atoms with Crippen LogP contribution in [0, 0.1) is 5.92 Å². The molecule has 9 heteroatoms. The molecule has 8 nitrogen and oxygen atoms in total. The first-order valence-corrected chi connectivity index (χ1v) is 13.8. The number of piperidine rings is 1. The van der Waals surface area contributed by atoms with Gasteiger partial charge in [0, 0.05) is 57.6 Å². The van der Waals surface area contributed by atoms with Gasteiger partial charge in [-0.2, -0.15) is 9.97 Å². The molecule has 2 aliphatic rings. The number of hydrogen-bond acceptors (Lipinski definition) is 7. The van der Waals surface area contributed by atoms with Gasteiger partial charge >= 0.3 is 0 Å². The van der Waals surface area contributed by atoms with E-state index in [4.69, 9.17) is 26.9 Å². The summed E-state index contributed by atoms with van der Waals surface area (Å²) < 4.78 is 5.24. The van der Waals surface area contributed by atoms with Crippen LogP contribution in [-0.4, -0.2) is 61.5 Å². The largest absolute Gasteiger partial charge is 0.497 e. The molecule has 200 valence electrons. The summed E-state index contributed by atoms with van der Waals surface area (Å²) in [5, 5.41) is 7.03. The third-order valence-corrected chi connectivity index (χ3v) is 7.62. The van der Waals surface area contributed by atoms with Crippen LogP contribution in [0.25, 0.3) is 0 Å². The predicted octanol–water partition coefficient (Wildman–Crippen LogP) is 4.53. The van der Waals surface area contributed by atoms with Gasteiger partial charge in [0.2, 0.25) is 5.95 Å². The van der Waals surface area contributed by atoms with Crippen molar-refractivity contribution in [2.24, 2.45) is 5.92 Å². The van der Waals surface area contributed by atoms with E-state index in [0.29, 0.717) is 17.6 Å². The Hall–Kier alpha value is -3.59. The third-order valence-electron chi connectivity index (χ3n) is 7.37. The molecule has 0 spiro atoms. The number of para-hydroxylation sites is 1. The lowest BCUT2D eigenvalue weighted by atomic mass is 9.99. The third kappa shape index (κ3) is 6.64. The minimum atomic E-state index is 0.505. The zero-order chi connectivity index (χ0) is 26.3. The Bertz CT molecular complexity index is 1190. The highest BCUT2D eigenvalue weighted by Crippen LogP contribution is 2.27. The van der Waals surface area contributed by atoms with Crippen LogP contribution in [0.1, 0.15) is 25.3 Å². The van der Waals surface area contributed by atoms with E-state index in [9.17, 15) is 0 Å². The van der Waals surface area contributed by atoms with E-state index >= 15 is 0 Å². The fraction of sp³-hybridized carbons (Fsp3) is 0.414. The molecule has 2 aliphatic heterocycles. The first-order chi connectivity index (χ1) is 18.6. The topological polar surface area (TPSA) is 68.8 Å². The zero-order valence-corrected chi connectivity index (χ0v) is 23.1. The molecule has 0 saturated carbocycles. The van der Waals surface area contributed by atoms with Crippen LogP contribution in [0.4, 0.5) is 23.3 Å². The van der Waals surface area contributed by atoms with Crippen molar-refractivity contribution in [3.05, 3.63) is 66.2 Å². The van der Waals surface area contributed by atoms with Crippen molar-refractivity contribution in [1.82, 2.24) is 15.3 Å². The summed E-state index contributed by atoms with van der Waals surface area (Å²) in [7, 11) is 1.67. The molecule has 0 amide bonds. The molecule has 2 saturated heterocycles. The number of nitrogens with one attached hydrogen (secondary N) is 2. The van der Waals surface area contributed by atoms with Crippen LogP contribution in [0.2, 0.25) is 0 Å². The normalized spacial score (nSPS) is 16.3. The van der Waals surface area contributed by atoms with Crippen LogP contribution in [0.15, 0.2) is 60.7 Å². The van der Waals surface area contributed by atoms with Crippen LogP contribution in [-0.2, 0) is 6.54 Å². The summed E-state index contributed by atoms with van der Waals surface area (Å²) in [6.07, 6.45) is 2.36. The molecule has 2 aromatic carbocycles. The number of nitrogens with zero attached hydrogens (tertiary/aromatic N) is 5. The summed E-state index contributed by atoms with van der Waals surface area (Å²) in [5.41, 5.74) is 2.39. The van der Waals surface area contributed by atoms with Gasteiger partial charge in [0.25, 0.3) is 0 Å².